The molecule has 1 atom stereocenters. The molecule has 0 aliphatic rings. The summed E-state index contributed by atoms with van der Waals surface area (Å²) in [7, 11) is 3.07. The van der Waals surface area contributed by atoms with Crippen LogP contribution in [0, 0.1) is 5.82 Å². The van der Waals surface area contributed by atoms with Gasteiger partial charge in [-0.05, 0) is 42.8 Å². The van der Waals surface area contributed by atoms with E-state index in [1.54, 1.807) is 50.4 Å². The zero-order valence-corrected chi connectivity index (χ0v) is 19.8. The molecule has 0 radical (unpaired) electrons. The summed E-state index contributed by atoms with van der Waals surface area (Å²) >= 11 is 6.35. The van der Waals surface area contributed by atoms with Crippen LogP contribution in [0.3, 0.4) is 0 Å². The second-order valence-electron chi connectivity index (χ2n) is 7.37. The Morgan fingerprint density at radius 1 is 1.00 bits per heavy atom. The fraction of sp³-hybridized carbons (Fsp3) is 0.160. The summed E-state index contributed by atoms with van der Waals surface area (Å²) in [5.74, 6) is 1.35. The quantitative estimate of drug-likeness (QED) is 0.310. The number of hydrogen-bond acceptors (Lipinski definition) is 7. The van der Waals surface area contributed by atoms with Gasteiger partial charge < -0.3 is 18.9 Å². The van der Waals surface area contributed by atoms with Crippen LogP contribution in [0.2, 0.25) is 5.02 Å². The van der Waals surface area contributed by atoms with Crippen LogP contribution in [0.5, 0.6) is 23.1 Å². The Kier molecular flexibility index (Phi) is 7.17. The van der Waals surface area contributed by atoms with Gasteiger partial charge in [-0.25, -0.2) is 19.2 Å². The third kappa shape index (κ3) is 5.52. The van der Waals surface area contributed by atoms with Crippen LogP contribution in [0.15, 0.2) is 60.9 Å². The van der Waals surface area contributed by atoms with E-state index in [0.29, 0.717) is 45.3 Å². The number of nitrogens with zero attached hydrogens (tertiary/aromatic N) is 2. The molecule has 4 rings (SSSR count). The standard InChI is InChI=1S/C25H21ClFN3O5/c1-14(15-4-6-16(27)7-5-15)34-25(31)30-20-9-8-17(10-19(20)26)35-24-18-11-22(32-2)23(33-3)12-21(18)28-13-29-24/h4-14H,1-3H3,(H,30,31). The van der Waals surface area contributed by atoms with Crippen molar-refractivity contribution in [3.8, 4) is 23.1 Å². The number of fused-ring (bicyclic) bond motifs is 1. The first-order valence-corrected chi connectivity index (χ1v) is 10.8. The Hall–Kier alpha value is -4.11. The van der Waals surface area contributed by atoms with Gasteiger partial charge in [0.05, 0.1) is 35.8 Å². The number of carbonyl (C=O) groups is 1. The van der Waals surface area contributed by atoms with Crippen LogP contribution >= 0.6 is 11.6 Å². The lowest BCUT2D eigenvalue weighted by molar-refractivity contribution is 0.121. The van der Waals surface area contributed by atoms with Crippen LogP contribution in [-0.2, 0) is 4.74 Å². The van der Waals surface area contributed by atoms with E-state index in [-0.39, 0.29) is 10.8 Å². The molecule has 10 heteroatoms. The van der Waals surface area contributed by atoms with Gasteiger partial charge in [0.25, 0.3) is 0 Å². The van der Waals surface area contributed by atoms with Gasteiger partial charge in [0, 0.05) is 12.1 Å². The first-order valence-electron chi connectivity index (χ1n) is 10.4. The molecule has 3 aromatic carbocycles. The normalized spacial score (nSPS) is 11.6. The molecule has 0 fully saturated rings. The van der Waals surface area contributed by atoms with Crippen LogP contribution in [-0.4, -0.2) is 30.3 Å². The lowest BCUT2D eigenvalue weighted by Gasteiger charge is -2.15. The number of carbonyl (C=O) groups excluding carboxylic acids is 1. The Morgan fingerprint density at radius 3 is 2.40 bits per heavy atom. The molecule has 1 amide bonds. The monoisotopic (exact) mass is 497 g/mol. The van der Waals surface area contributed by atoms with E-state index in [4.69, 9.17) is 30.5 Å². The minimum absolute atomic E-state index is 0.228. The molecule has 0 saturated heterocycles. The van der Waals surface area contributed by atoms with Crippen molar-refractivity contribution in [1.82, 2.24) is 9.97 Å². The third-order valence-corrected chi connectivity index (χ3v) is 5.43. The van der Waals surface area contributed by atoms with E-state index in [0.717, 1.165) is 0 Å². The first kappa shape index (κ1) is 24.0. The zero-order valence-electron chi connectivity index (χ0n) is 19.0. The smallest absolute Gasteiger partial charge is 0.412 e. The molecule has 0 aliphatic heterocycles. The Morgan fingerprint density at radius 2 is 1.71 bits per heavy atom. The molecule has 180 valence electrons. The van der Waals surface area contributed by atoms with E-state index in [1.807, 2.05) is 0 Å². The van der Waals surface area contributed by atoms with Gasteiger partial charge in [0.2, 0.25) is 5.88 Å². The van der Waals surface area contributed by atoms with Crippen molar-refractivity contribution in [2.45, 2.75) is 13.0 Å². The number of anilines is 1. The molecule has 1 heterocycles. The van der Waals surface area contributed by atoms with Gasteiger partial charge in [-0.2, -0.15) is 0 Å². The van der Waals surface area contributed by atoms with Gasteiger partial charge in [-0.15, -0.1) is 0 Å². The summed E-state index contributed by atoms with van der Waals surface area (Å²) in [5, 5.41) is 3.43. The zero-order chi connectivity index (χ0) is 24.9. The minimum Gasteiger partial charge on any atom is -0.493 e. The number of nitrogens with one attached hydrogen (secondary N) is 1. The highest BCUT2D eigenvalue weighted by atomic mass is 35.5. The van der Waals surface area contributed by atoms with Crippen LogP contribution in [0.1, 0.15) is 18.6 Å². The maximum Gasteiger partial charge on any atom is 0.412 e. The predicted molar refractivity (Wildman–Crippen MR) is 129 cm³/mol. The second kappa shape index (κ2) is 10.4. The summed E-state index contributed by atoms with van der Waals surface area (Å²) in [5.41, 5.74) is 1.59. The van der Waals surface area contributed by atoms with Crippen molar-refractivity contribution in [3.05, 3.63) is 77.3 Å². The maximum absolute atomic E-state index is 13.1. The third-order valence-electron chi connectivity index (χ3n) is 5.12. The molecule has 4 aromatic rings. The Balaban J connectivity index is 1.48. The highest BCUT2D eigenvalue weighted by Crippen LogP contribution is 2.37. The summed E-state index contributed by atoms with van der Waals surface area (Å²) in [6, 6.07) is 13.9. The van der Waals surface area contributed by atoms with Gasteiger partial charge >= 0.3 is 6.09 Å². The molecular weight excluding hydrogens is 477 g/mol. The maximum atomic E-state index is 13.1. The molecule has 8 nitrogen and oxygen atoms in total. The number of methoxy groups -OCH3 is 2. The Bertz CT molecular complexity index is 1370. The molecule has 0 bridgehead atoms. The lowest BCUT2D eigenvalue weighted by atomic mass is 10.1. The van der Waals surface area contributed by atoms with Gasteiger partial charge in [0.15, 0.2) is 11.5 Å². The van der Waals surface area contributed by atoms with Crippen LogP contribution in [0.25, 0.3) is 10.9 Å². The van der Waals surface area contributed by atoms with Gasteiger partial charge in [0.1, 0.15) is 24.0 Å². The molecule has 1 N–H and O–H groups in total. The summed E-state index contributed by atoms with van der Waals surface area (Å²) in [4.78, 5) is 20.8. The number of hydrogen-bond donors (Lipinski definition) is 1. The second-order valence-corrected chi connectivity index (χ2v) is 7.78. The Labute approximate surface area is 205 Å². The lowest BCUT2D eigenvalue weighted by Crippen LogP contribution is -2.16. The fourth-order valence-corrected chi connectivity index (χ4v) is 3.53. The van der Waals surface area contributed by atoms with Crippen molar-refractivity contribution in [3.63, 3.8) is 0 Å². The minimum atomic E-state index is -0.708. The molecule has 35 heavy (non-hydrogen) atoms. The van der Waals surface area contributed by atoms with Crippen molar-refractivity contribution in [2.24, 2.45) is 0 Å². The number of aromatic nitrogens is 2. The topological polar surface area (TPSA) is 91.8 Å². The van der Waals surface area contributed by atoms with Crippen LogP contribution in [0.4, 0.5) is 14.9 Å². The van der Waals surface area contributed by atoms with E-state index < -0.39 is 12.2 Å². The van der Waals surface area contributed by atoms with Crippen molar-refractivity contribution in [1.29, 1.82) is 0 Å². The van der Waals surface area contributed by atoms with Gasteiger partial charge in [-0.1, -0.05) is 23.7 Å². The molecule has 1 aromatic heterocycles. The SMILES string of the molecule is COc1cc2ncnc(Oc3ccc(NC(=O)OC(C)c4ccc(F)cc4)c(Cl)c3)c2cc1OC. The molecule has 0 saturated carbocycles. The summed E-state index contributed by atoms with van der Waals surface area (Å²) in [6.45, 7) is 1.68. The number of benzene rings is 3. The molecule has 1 unspecified atom stereocenters. The predicted octanol–water partition coefficient (Wildman–Crippen LogP) is 6.54. The highest BCUT2D eigenvalue weighted by molar-refractivity contribution is 6.33. The average Bonchev–Trinajstić information content (AvgIpc) is 2.85. The molecule has 0 spiro atoms. The van der Waals surface area contributed by atoms with Crippen molar-refractivity contribution >= 4 is 34.3 Å². The summed E-state index contributed by atoms with van der Waals surface area (Å²) in [6.07, 6.45) is 0.0817. The van der Waals surface area contributed by atoms with E-state index in [1.165, 1.54) is 31.6 Å². The van der Waals surface area contributed by atoms with E-state index >= 15 is 0 Å². The first-order chi connectivity index (χ1) is 16.9. The number of halogens is 2. The van der Waals surface area contributed by atoms with Gasteiger partial charge in [-0.3, -0.25) is 5.32 Å². The van der Waals surface area contributed by atoms with Crippen molar-refractivity contribution in [2.75, 3.05) is 19.5 Å². The summed E-state index contributed by atoms with van der Waals surface area (Å²) < 4.78 is 35.0. The number of ether oxygens (including phenoxy) is 4. The average molecular weight is 498 g/mol. The van der Waals surface area contributed by atoms with Crippen LogP contribution < -0.4 is 19.5 Å². The molecule has 0 aliphatic carbocycles. The fourth-order valence-electron chi connectivity index (χ4n) is 3.31. The van der Waals surface area contributed by atoms with E-state index in [9.17, 15) is 9.18 Å². The number of rotatable bonds is 7. The molecular formula is C25H21ClFN3O5. The van der Waals surface area contributed by atoms with Crippen molar-refractivity contribution < 1.29 is 28.1 Å². The largest absolute Gasteiger partial charge is 0.493 e. The van der Waals surface area contributed by atoms with E-state index in [2.05, 4.69) is 15.3 Å². The number of amides is 1. The highest BCUT2D eigenvalue weighted by Gasteiger charge is 2.15.